The molecule has 0 aromatic carbocycles. The summed E-state index contributed by atoms with van der Waals surface area (Å²) in [6.07, 6.45) is 82.4. The maximum atomic E-state index is 12.8. The van der Waals surface area contributed by atoms with Gasteiger partial charge in [0.15, 0.2) is 6.10 Å². The highest BCUT2D eigenvalue weighted by Crippen LogP contribution is 2.16. The lowest BCUT2D eigenvalue weighted by Crippen LogP contribution is -2.30. The molecule has 0 N–H and O–H groups in total. The topological polar surface area (TPSA) is 78.9 Å². The van der Waals surface area contributed by atoms with Crippen LogP contribution < -0.4 is 0 Å². The molecular formula is C67H112O6. The van der Waals surface area contributed by atoms with Crippen molar-refractivity contribution in [2.45, 2.75) is 284 Å². The van der Waals surface area contributed by atoms with Crippen LogP contribution >= 0.6 is 0 Å². The van der Waals surface area contributed by atoms with E-state index in [-0.39, 0.29) is 37.5 Å². The molecule has 0 spiro atoms. The first-order chi connectivity index (χ1) is 36.0. The lowest BCUT2D eigenvalue weighted by Gasteiger charge is -2.18. The minimum absolute atomic E-state index is 0.0939. The molecule has 0 heterocycles. The van der Waals surface area contributed by atoms with Gasteiger partial charge in [-0.25, -0.2) is 0 Å². The largest absolute Gasteiger partial charge is 0.462 e. The number of hydrogen-bond donors (Lipinski definition) is 0. The van der Waals surface area contributed by atoms with E-state index in [1.54, 1.807) is 0 Å². The fourth-order valence-electron chi connectivity index (χ4n) is 8.28. The zero-order valence-electron chi connectivity index (χ0n) is 47.6. The van der Waals surface area contributed by atoms with Crippen LogP contribution in [0.5, 0.6) is 0 Å². The summed E-state index contributed by atoms with van der Waals surface area (Å²) in [6.45, 7) is 6.39. The van der Waals surface area contributed by atoms with E-state index in [1.165, 1.54) is 122 Å². The Kier molecular flexibility index (Phi) is 57.4. The Hall–Kier alpha value is -3.93. The first-order valence-electron chi connectivity index (χ1n) is 30.4. The SMILES string of the molecule is CC/C=C\C/C=C\C/C=C\C/C=C\C/C=C\CCCCCCCCCCCCCC(=O)OCC(COC(=O)CCCCCCCCCCCCCCC)OC(=O)CCCC/C=C\C/C=C\C/C=C\C/C=C\CC. The molecule has 0 aliphatic carbocycles. The Balaban J connectivity index is 4.32. The van der Waals surface area contributed by atoms with Gasteiger partial charge in [-0.05, 0) is 103 Å². The summed E-state index contributed by atoms with van der Waals surface area (Å²) in [6, 6.07) is 0. The Morgan fingerprint density at radius 1 is 0.288 bits per heavy atom. The number of unbranched alkanes of at least 4 members (excludes halogenated alkanes) is 25. The van der Waals surface area contributed by atoms with E-state index < -0.39 is 6.10 Å². The molecule has 0 aromatic heterocycles. The monoisotopic (exact) mass is 1010 g/mol. The van der Waals surface area contributed by atoms with Crippen molar-refractivity contribution in [3.8, 4) is 0 Å². The molecule has 0 saturated heterocycles. The van der Waals surface area contributed by atoms with Gasteiger partial charge in [-0.15, -0.1) is 0 Å². The highest BCUT2D eigenvalue weighted by atomic mass is 16.6. The molecule has 0 aliphatic rings. The van der Waals surface area contributed by atoms with E-state index in [0.29, 0.717) is 19.3 Å². The lowest BCUT2D eigenvalue weighted by molar-refractivity contribution is -0.167. The summed E-state index contributed by atoms with van der Waals surface area (Å²) in [5.74, 6) is -0.934. The molecule has 0 aliphatic heterocycles. The van der Waals surface area contributed by atoms with E-state index in [2.05, 4.69) is 130 Å². The van der Waals surface area contributed by atoms with Gasteiger partial charge in [0, 0.05) is 19.3 Å². The van der Waals surface area contributed by atoms with Crippen molar-refractivity contribution in [3.05, 3.63) is 109 Å². The van der Waals surface area contributed by atoms with Crippen LogP contribution in [0.25, 0.3) is 0 Å². The molecule has 0 radical (unpaired) electrons. The Bertz CT molecular complexity index is 1490. The Morgan fingerprint density at radius 2 is 0.534 bits per heavy atom. The quantitative estimate of drug-likeness (QED) is 0.0261. The fourth-order valence-corrected chi connectivity index (χ4v) is 8.28. The minimum atomic E-state index is -0.801. The number of rotatable bonds is 54. The van der Waals surface area contributed by atoms with Crippen molar-refractivity contribution in [1.82, 2.24) is 0 Å². The van der Waals surface area contributed by atoms with Crippen molar-refractivity contribution in [3.63, 3.8) is 0 Å². The number of allylic oxidation sites excluding steroid dienone is 18. The molecule has 0 fully saturated rings. The van der Waals surface area contributed by atoms with Gasteiger partial charge < -0.3 is 14.2 Å². The maximum absolute atomic E-state index is 12.8. The predicted molar refractivity (Wildman–Crippen MR) is 316 cm³/mol. The first kappa shape index (κ1) is 69.1. The van der Waals surface area contributed by atoms with Crippen LogP contribution in [0, 0.1) is 0 Å². The molecular weight excluding hydrogens is 901 g/mol. The zero-order chi connectivity index (χ0) is 52.9. The first-order valence-corrected chi connectivity index (χ1v) is 30.4. The molecule has 1 unspecified atom stereocenters. The molecule has 0 aromatic rings. The van der Waals surface area contributed by atoms with Crippen LogP contribution in [0.3, 0.4) is 0 Å². The summed E-state index contributed by atoms with van der Waals surface area (Å²) in [5, 5.41) is 0. The van der Waals surface area contributed by atoms with Gasteiger partial charge in [0.1, 0.15) is 13.2 Å². The van der Waals surface area contributed by atoms with Gasteiger partial charge in [0.25, 0.3) is 0 Å². The van der Waals surface area contributed by atoms with E-state index in [4.69, 9.17) is 14.2 Å². The second-order valence-corrected chi connectivity index (χ2v) is 19.9. The number of hydrogen-bond acceptors (Lipinski definition) is 6. The summed E-state index contributed by atoms with van der Waals surface area (Å²) in [5.41, 5.74) is 0. The van der Waals surface area contributed by atoms with Gasteiger partial charge >= 0.3 is 17.9 Å². The predicted octanol–water partition coefficient (Wildman–Crippen LogP) is 20.7. The van der Waals surface area contributed by atoms with Crippen molar-refractivity contribution >= 4 is 17.9 Å². The second-order valence-electron chi connectivity index (χ2n) is 19.9. The molecule has 0 rings (SSSR count). The number of esters is 3. The third-order valence-electron chi connectivity index (χ3n) is 12.8. The van der Waals surface area contributed by atoms with Crippen molar-refractivity contribution in [2.75, 3.05) is 13.2 Å². The Labute approximate surface area is 450 Å². The molecule has 6 nitrogen and oxygen atoms in total. The average molecular weight is 1010 g/mol. The third-order valence-corrected chi connectivity index (χ3v) is 12.8. The van der Waals surface area contributed by atoms with Crippen molar-refractivity contribution < 1.29 is 28.6 Å². The van der Waals surface area contributed by atoms with Crippen LogP contribution in [0.15, 0.2) is 109 Å². The normalized spacial score (nSPS) is 12.9. The van der Waals surface area contributed by atoms with Crippen LogP contribution in [0.2, 0.25) is 0 Å². The molecule has 0 amide bonds. The van der Waals surface area contributed by atoms with E-state index in [0.717, 1.165) is 109 Å². The number of carbonyl (C=O) groups excluding carboxylic acids is 3. The van der Waals surface area contributed by atoms with Gasteiger partial charge in [-0.1, -0.05) is 265 Å². The van der Waals surface area contributed by atoms with Gasteiger partial charge in [0.2, 0.25) is 0 Å². The highest BCUT2D eigenvalue weighted by Gasteiger charge is 2.19. The second kappa shape index (κ2) is 60.6. The van der Waals surface area contributed by atoms with E-state index in [1.807, 2.05) is 0 Å². The molecule has 73 heavy (non-hydrogen) atoms. The molecule has 1 atom stereocenters. The smallest absolute Gasteiger partial charge is 0.306 e. The molecule has 0 saturated carbocycles. The van der Waals surface area contributed by atoms with Crippen LogP contribution in [0.4, 0.5) is 0 Å². The van der Waals surface area contributed by atoms with Crippen LogP contribution in [-0.2, 0) is 28.6 Å². The summed E-state index contributed by atoms with van der Waals surface area (Å²) < 4.78 is 16.8. The molecule has 0 bridgehead atoms. The third kappa shape index (κ3) is 58.8. The minimum Gasteiger partial charge on any atom is -0.462 e. The van der Waals surface area contributed by atoms with E-state index in [9.17, 15) is 14.4 Å². The average Bonchev–Trinajstić information content (AvgIpc) is 3.39. The summed E-state index contributed by atoms with van der Waals surface area (Å²) >= 11 is 0. The Morgan fingerprint density at radius 3 is 0.863 bits per heavy atom. The fraction of sp³-hybridized carbons (Fsp3) is 0.687. The number of carbonyl (C=O) groups is 3. The van der Waals surface area contributed by atoms with Gasteiger partial charge in [0.05, 0.1) is 0 Å². The van der Waals surface area contributed by atoms with E-state index >= 15 is 0 Å². The molecule has 6 heteroatoms. The van der Waals surface area contributed by atoms with Crippen molar-refractivity contribution in [1.29, 1.82) is 0 Å². The van der Waals surface area contributed by atoms with Crippen molar-refractivity contribution in [2.24, 2.45) is 0 Å². The standard InChI is InChI=1S/C67H112O6/c1-4-7-10-13-16-19-22-25-27-28-29-30-31-32-33-34-35-36-37-38-40-42-45-48-51-54-57-60-66(69)72-63-64(62-71-65(68)59-56-53-50-47-44-41-24-21-18-15-12-9-6-3)73-67(70)61-58-55-52-49-46-43-39-26-23-20-17-14-11-8-5-2/h7-8,10-11,16-17,19-20,25-27,29-30,32-33,39,46,49,64H,4-6,9,12-15,18,21-24,28,31,34-38,40-45,47-48,50-63H2,1-3H3/b10-7-,11-8-,19-16-,20-17-,27-25-,30-29-,33-32-,39-26-,49-46-. The maximum Gasteiger partial charge on any atom is 0.306 e. The summed E-state index contributed by atoms with van der Waals surface area (Å²) in [4.78, 5) is 38.2. The van der Waals surface area contributed by atoms with Gasteiger partial charge in [-0.3, -0.25) is 14.4 Å². The summed E-state index contributed by atoms with van der Waals surface area (Å²) in [7, 11) is 0. The van der Waals surface area contributed by atoms with Crippen LogP contribution in [-0.4, -0.2) is 37.2 Å². The number of ether oxygens (including phenoxy) is 3. The lowest BCUT2D eigenvalue weighted by atomic mass is 10.0. The highest BCUT2D eigenvalue weighted by molar-refractivity contribution is 5.71. The molecule has 416 valence electrons. The van der Waals surface area contributed by atoms with Crippen LogP contribution in [0.1, 0.15) is 278 Å². The van der Waals surface area contributed by atoms with Gasteiger partial charge in [-0.2, -0.15) is 0 Å². The zero-order valence-corrected chi connectivity index (χ0v) is 47.6.